The fraction of sp³-hybridized carbons (Fsp3) is 0.667. The molecule has 2 heterocycles. The molecule has 3 N–H and O–H groups in total. The van der Waals surface area contributed by atoms with E-state index in [1.54, 1.807) is 12.3 Å². The predicted molar refractivity (Wildman–Crippen MR) is 72.1 cm³/mol. The number of nitrogens with zero attached hydrogens (tertiary/aromatic N) is 1. The zero-order chi connectivity index (χ0) is 14.0. The Labute approximate surface area is 114 Å². The Morgan fingerprint density at radius 3 is 2.79 bits per heavy atom. The molecule has 19 heavy (non-hydrogen) atoms. The molecule has 1 fully saturated rings. The molecule has 1 aliphatic heterocycles. The van der Waals surface area contributed by atoms with Crippen molar-refractivity contribution in [2.24, 2.45) is 5.73 Å². The van der Waals surface area contributed by atoms with E-state index >= 15 is 0 Å². The van der Waals surface area contributed by atoms with Gasteiger partial charge in [0.15, 0.2) is 0 Å². The van der Waals surface area contributed by atoms with E-state index in [1.807, 2.05) is 18.4 Å². The van der Waals surface area contributed by atoms with E-state index in [-0.39, 0.29) is 17.0 Å². The second-order valence-corrected chi connectivity index (χ2v) is 6.46. The summed E-state index contributed by atoms with van der Waals surface area (Å²) < 4.78 is 34.5. The highest BCUT2D eigenvalue weighted by Crippen LogP contribution is 2.19. The second-order valence-electron chi connectivity index (χ2n) is 4.75. The Morgan fingerprint density at radius 2 is 2.32 bits per heavy atom. The van der Waals surface area contributed by atoms with Crippen LogP contribution in [-0.4, -0.2) is 31.7 Å². The third-order valence-corrected chi connectivity index (χ3v) is 4.96. The third kappa shape index (κ3) is 3.00. The number of nitrogens with two attached hydrogens (primary N) is 1. The van der Waals surface area contributed by atoms with E-state index in [0.29, 0.717) is 26.1 Å². The Balaban J connectivity index is 2.21. The van der Waals surface area contributed by atoms with Crippen LogP contribution in [0.5, 0.6) is 0 Å². The first-order valence-electron chi connectivity index (χ1n) is 6.51. The third-order valence-electron chi connectivity index (χ3n) is 3.50. The number of hydrogen-bond donors (Lipinski definition) is 2. The summed E-state index contributed by atoms with van der Waals surface area (Å²) in [7, 11) is -3.50. The fourth-order valence-corrected chi connectivity index (χ4v) is 3.69. The number of rotatable bonds is 5. The lowest BCUT2D eigenvalue weighted by Gasteiger charge is -2.15. The van der Waals surface area contributed by atoms with Crippen LogP contribution in [0.3, 0.4) is 0 Å². The summed E-state index contributed by atoms with van der Waals surface area (Å²) in [6.07, 6.45) is 2.25. The average Bonchev–Trinajstić information content (AvgIpc) is 2.96. The Bertz CT molecular complexity index is 517. The minimum absolute atomic E-state index is 0.0861. The number of aromatic nitrogens is 1. The molecule has 2 rings (SSSR count). The summed E-state index contributed by atoms with van der Waals surface area (Å²) in [5.41, 5.74) is 6.43. The average molecular weight is 287 g/mol. The zero-order valence-corrected chi connectivity index (χ0v) is 12.1. The van der Waals surface area contributed by atoms with Crippen LogP contribution >= 0.6 is 0 Å². The van der Waals surface area contributed by atoms with Crippen LogP contribution < -0.4 is 10.5 Å². The number of sulfonamides is 1. The molecule has 108 valence electrons. The van der Waals surface area contributed by atoms with E-state index in [9.17, 15) is 8.42 Å². The minimum atomic E-state index is -3.50. The summed E-state index contributed by atoms with van der Waals surface area (Å²) >= 11 is 0. The van der Waals surface area contributed by atoms with Crippen molar-refractivity contribution < 1.29 is 13.2 Å². The highest BCUT2D eigenvalue weighted by molar-refractivity contribution is 7.89. The molecule has 0 aliphatic carbocycles. The van der Waals surface area contributed by atoms with Gasteiger partial charge in [0, 0.05) is 31.6 Å². The smallest absolute Gasteiger partial charge is 0.242 e. The summed E-state index contributed by atoms with van der Waals surface area (Å²) in [4.78, 5) is 0.272. The summed E-state index contributed by atoms with van der Waals surface area (Å²) in [6.45, 7) is 5.45. The molecule has 0 aromatic carbocycles. The molecule has 0 spiro atoms. The number of hydrogen-bond acceptors (Lipinski definition) is 4. The Kier molecular flexibility index (Phi) is 4.29. The molecule has 2 unspecified atom stereocenters. The molecular formula is C12H21N3O3S. The second kappa shape index (κ2) is 5.62. The molecule has 7 heteroatoms. The molecule has 2 atom stereocenters. The van der Waals surface area contributed by atoms with E-state index in [0.717, 1.165) is 5.69 Å². The number of ether oxygens (including phenoxy) is 1. The van der Waals surface area contributed by atoms with E-state index < -0.39 is 10.0 Å². The Hall–Kier alpha value is -0.890. The lowest BCUT2D eigenvalue weighted by molar-refractivity contribution is 0.117. The largest absolute Gasteiger partial charge is 0.377 e. The van der Waals surface area contributed by atoms with Crippen molar-refractivity contribution in [3.05, 3.63) is 18.0 Å². The highest BCUT2D eigenvalue weighted by Gasteiger charge is 2.29. The van der Waals surface area contributed by atoms with Crippen LogP contribution in [0.2, 0.25) is 0 Å². The van der Waals surface area contributed by atoms with Gasteiger partial charge in [0.2, 0.25) is 10.0 Å². The number of nitrogens with one attached hydrogen (secondary N) is 1. The Morgan fingerprint density at radius 1 is 1.58 bits per heavy atom. The van der Waals surface area contributed by atoms with Gasteiger partial charge in [-0.05, 0) is 26.3 Å². The first kappa shape index (κ1) is 14.5. The first-order chi connectivity index (χ1) is 8.97. The fourth-order valence-electron chi connectivity index (χ4n) is 2.29. The van der Waals surface area contributed by atoms with Crippen molar-refractivity contribution in [1.29, 1.82) is 0 Å². The van der Waals surface area contributed by atoms with Gasteiger partial charge in [0.05, 0.1) is 17.0 Å². The number of aryl methyl sites for hydroxylation is 1. The summed E-state index contributed by atoms with van der Waals surface area (Å²) in [6, 6.07) is 1.48. The van der Waals surface area contributed by atoms with Crippen molar-refractivity contribution in [2.75, 3.05) is 6.61 Å². The van der Waals surface area contributed by atoms with Gasteiger partial charge >= 0.3 is 0 Å². The van der Waals surface area contributed by atoms with Crippen LogP contribution in [0.25, 0.3) is 0 Å². The normalized spacial score (nSPS) is 23.9. The lowest BCUT2D eigenvalue weighted by Crippen LogP contribution is -2.38. The van der Waals surface area contributed by atoms with Gasteiger partial charge in [-0.2, -0.15) is 0 Å². The topological polar surface area (TPSA) is 86.3 Å². The summed E-state index contributed by atoms with van der Waals surface area (Å²) in [5.74, 6) is 0. The molecule has 0 radical (unpaired) electrons. The van der Waals surface area contributed by atoms with Gasteiger partial charge in [-0.15, -0.1) is 0 Å². The van der Waals surface area contributed by atoms with Gasteiger partial charge in [0.1, 0.15) is 0 Å². The van der Waals surface area contributed by atoms with Crippen molar-refractivity contribution in [3.63, 3.8) is 0 Å². The van der Waals surface area contributed by atoms with Gasteiger partial charge < -0.3 is 15.0 Å². The van der Waals surface area contributed by atoms with Gasteiger partial charge in [-0.1, -0.05) is 0 Å². The maximum absolute atomic E-state index is 12.3. The molecule has 1 saturated heterocycles. The van der Waals surface area contributed by atoms with Crippen LogP contribution in [0, 0.1) is 0 Å². The van der Waals surface area contributed by atoms with Crippen molar-refractivity contribution >= 4 is 10.0 Å². The molecule has 1 aliphatic rings. The van der Waals surface area contributed by atoms with Gasteiger partial charge in [-0.25, -0.2) is 13.1 Å². The molecule has 0 amide bonds. The molecular weight excluding hydrogens is 266 g/mol. The van der Waals surface area contributed by atoms with Crippen LogP contribution in [0.1, 0.15) is 26.0 Å². The standard InChI is InChI=1S/C12H21N3O3S/c1-3-15-8-11(6-10(15)7-13)19(16,17)14-12-4-5-18-9(12)2/h6,8-9,12,14H,3-5,7,13H2,1-2H3. The van der Waals surface area contributed by atoms with E-state index in [2.05, 4.69) is 4.72 Å². The van der Waals surface area contributed by atoms with Crippen molar-refractivity contribution in [3.8, 4) is 0 Å². The monoisotopic (exact) mass is 287 g/mol. The van der Waals surface area contributed by atoms with Crippen molar-refractivity contribution in [1.82, 2.24) is 9.29 Å². The van der Waals surface area contributed by atoms with Gasteiger partial charge in [-0.3, -0.25) is 0 Å². The molecule has 0 saturated carbocycles. The van der Waals surface area contributed by atoms with Crippen LogP contribution in [0.15, 0.2) is 17.2 Å². The predicted octanol–water partition coefficient (Wildman–Crippen LogP) is 0.422. The molecule has 0 bridgehead atoms. The molecule has 1 aromatic heterocycles. The summed E-state index contributed by atoms with van der Waals surface area (Å²) in [5, 5.41) is 0. The zero-order valence-electron chi connectivity index (χ0n) is 11.3. The first-order valence-corrected chi connectivity index (χ1v) is 7.99. The maximum Gasteiger partial charge on any atom is 0.242 e. The maximum atomic E-state index is 12.3. The van der Waals surface area contributed by atoms with Gasteiger partial charge in [0.25, 0.3) is 0 Å². The van der Waals surface area contributed by atoms with Crippen LogP contribution in [-0.2, 0) is 27.8 Å². The lowest BCUT2D eigenvalue weighted by atomic mass is 10.2. The minimum Gasteiger partial charge on any atom is -0.377 e. The van der Waals surface area contributed by atoms with E-state index in [1.165, 1.54) is 0 Å². The molecule has 6 nitrogen and oxygen atoms in total. The van der Waals surface area contributed by atoms with E-state index in [4.69, 9.17) is 10.5 Å². The molecule has 1 aromatic rings. The highest BCUT2D eigenvalue weighted by atomic mass is 32.2. The van der Waals surface area contributed by atoms with Crippen molar-refractivity contribution in [2.45, 2.75) is 50.4 Å². The van der Waals surface area contributed by atoms with Crippen LogP contribution in [0.4, 0.5) is 0 Å². The SMILES string of the molecule is CCn1cc(S(=O)(=O)NC2CCOC2C)cc1CN. The quantitative estimate of drug-likeness (QED) is 0.822.